The lowest BCUT2D eigenvalue weighted by molar-refractivity contribution is -0.358. The fraction of sp³-hybridized carbons (Fsp3) is 0.650. The lowest BCUT2D eigenvalue weighted by atomic mass is 9.96. The number of hydrogen-bond acceptors (Lipinski definition) is 8. The molecule has 3 fully saturated rings. The number of methoxy groups -OCH3 is 1. The first-order chi connectivity index (χ1) is 14.5. The van der Waals surface area contributed by atoms with E-state index in [0.717, 1.165) is 12.1 Å². The van der Waals surface area contributed by atoms with Crippen LogP contribution < -0.4 is 5.32 Å². The van der Waals surface area contributed by atoms with E-state index in [0.29, 0.717) is 12.7 Å². The maximum atomic E-state index is 13.8. The number of carbonyl (C=O) groups is 1. The van der Waals surface area contributed by atoms with Crippen molar-refractivity contribution in [2.24, 2.45) is 0 Å². The number of amides is 1. The average molecular weight is 445 g/mol. The van der Waals surface area contributed by atoms with E-state index < -0.39 is 53.4 Å². The molecule has 1 unspecified atom stereocenters. The predicted molar refractivity (Wildman–Crippen MR) is 100 cm³/mol. The molecule has 172 valence electrons. The molecule has 0 saturated carbocycles. The van der Waals surface area contributed by atoms with Gasteiger partial charge in [0.1, 0.15) is 37.1 Å². The number of ether oxygens (including phenoxy) is 7. The maximum Gasteiger partial charge on any atom is 0.412 e. The number of carbonyl (C=O) groups excluding carboxylic acids is 1. The van der Waals surface area contributed by atoms with Gasteiger partial charge in [-0.15, -0.1) is 0 Å². The predicted octanol–water partition coefficient (Wildman–Crippen LogP) is 2.54. The third-order valence-corrected chi connectivity index (χ3v) is 5.26. The van der Waals surface area contributed by atoms with Crippen molar-refractivity contribution >= 4 is 11.8 Å². The summed E-state index contributed by atoms with van der Waals surface area (Å²) in [5, 5.41) is 2.24. The van der Waals surface area contributed by atoms with Gasteiger partial charge in [0.25, 0.3) is 0 Å². The zero-order valence-electron chi connectivity index (χ0n) is 17.6. The van der Waals surface area contributed by atoms with Gasteiger partial charge in [0, 0.05) is 13.2 Å². The Morgan fingerprint density at radius 1 is 1.16 bits per heavy atom. The van der Waals surface area contributed by atoms with Crippen LogP contribution in [-0.4, -0.2) is 68.7 Å². The summed E-state index contributed by atoms with van der Waals surface area (Å²) in [5.41, 5.74) is -0.227. The van der Waals surface area contributed by atoms with Gasteiger partial charge in [-0.05, 0) is 32.9 Å². The molecule has 5 atom stereocenters. The first-order valence-electron chi connectivity index (χ1n) is 9.80. The van der Waals surface area contributed by atoms with E-state index in [1.54, 1.807) is 20.8 Å². The molecule has 0 aromatic heterocycles. The minimum Gasteiger partial charge on any atom is -0.441 e. The first-order valence-corrected chi connectivity index (χ1v) is 9.80. The summed E-state index contributed by atoms with van der Waals surface area (Å²) < 4.78 is 67.1. The second-order valence-corrected chi connectivity index (χ2v) is 8.27. The number of halogens is 2. The standard InChI is InChI=1S/C20H25F2NO8/c1-18(2)27-10-20(31-18)16(30-19(3)9-28-19)15(25-4)14(8-26-20)29-17(24)23-13-6-5-11(21)7-12(13)22/h5-7,14-16H,8-10H2,1-4H3,(H,23,24)/t14-,15-,16-,19?,20+/m1/s1. The van der Waals surface area contributed by atoms with Crippen molar-refractivity contribution in [3.63, 3.8) is 0 Å². The summed E-state index contributed by atoms with van der Waals surface area (Å²) in [7, 11) is 1.44. The van der Waals surface area contributed by atoms with Gasteiger partial charge in [0.05, 0.1) is 12.3 Å². The molecule has 1 amide bonds. The van der Waals surface area contributed by atoms with Crippen LogP contribution in [0.5, 0.6) is 0 Å². The molecule has 31 heavy (non-hydrogen) atoms. The molecule has 0 aliphatic carbocycles. The lowest BCUT2D eigenvalue weighted by Gasteiger charge is -2.46. The SMILES string of the molecule is CO[C@H]1[C@@H](OC2(C)CO2)[C@@]2(COC(C)(C)O2)OC[C@H]1OC(=O)Nc1ccc(F)cc1F. The van der Waals surface area contributed by atoms with Crippen LogP contribution in [0.4, 0.5) is 19.3 Å². The van der Waals surface area contributed by atoms with Crippen LogP contribution in [0.1, 0.15) is 20.8 Å². The number of hydrogen-bond donors (Lipinski definition) is 1. The van der Waals surface area contributed by atoms with Crippen molar-refractivity contribution in [1.29, 1.82) is 0 Å². The third kappa shape index (κ3) is 4.66. The quantitative estimate of drug-likeness (QED) is 0.691. The van der Waals surface area contributed by atoms with Crippen molar-refractivity contribution in [2.45, 2.75) is 56.4 Å². The van der Waals surface area contributed by atoms with Crippen LogP contribution in [0.25, 0.3) is 0 Å². The molecule has 0 bridgehead atoms. The zero-order chi connectivity index (χ0) is 22.4. The Hall–Kier alpha value is -1.89. The van der Waals surface area contributed by atoms with Gasteiger partial charge in [0.2, 0.25) is 5.79 Å². The molecular weight excluding hydrogens is 420 g/mol. The third-order valence-electron chi connectivity index (χ3n) is 5.26. The highest BCUT2D eigenvalue weighted by Crippen LogP contribution is 2.44. The molecular formula is C20H25F2NO8. The molecule has 3 aliphatic heterocycles. The Morgan fingerprint density at radius 3 is 2.48 bits per heavy atom. The molecule has 4 rings (SSSR count). The number of rotatable bonds is 5. The van der Waals surface area contributed by atoms with Crippen molar-refractivity contribution in [3.8, 4) is 0 Å². The summed E-state index contributed by atoms with van der Waals surface area (Å²) >= 11 is 0. The molecule has 0 radical (unpaired) electrons. The highest BCUT2D eigenvalue weighted by atomic mass is 19.1. The van der Waals surface area contributed by atoms with Gasteiger partial charge in [-0.3, -0.25) is 5.32 Å². The molecule has 1 N–H and O–H groups in total. The second-order valence-electron chi connectivity index (χ2n) is 8.27. The van der Waals surface area contributed by atoms with Gasteiger partial charge in [0.15, 0.2) is 17.7 Å². The van der Waals surface area contributed by atoms with Crippen molar-refractivity contribution in [3.05, 3.63) is 29.8 Å². The summed E-state index contributed by atoms with van der Waals surface area (Å²) in [6, 6.07) is 2.76. The van der Waals surface area contributed by atoms with Crippen LogP contribution in [0.3, 0.4) is 0 Å². The fourth-order valence-electron chi connectivity index (χ4n) is 3.65. The Bertz CT molecular complexity index is 848. The summed E-state index contributed by atoms with van der Waals surface area (Å²) in [6.07, 6.45) is -3.55. The van der Waals surface area contributed by atoms with E-state index in [4.69, 9.17) is 33.2 Å². The topological polar surface area (TPSA) is 97.0 Å². The van der Waals surface area contributed by atoms with Crippen LogP contribution in [-0.2, 0) is 33.2 Å². The molecule has 1 aromatic rings. The zero-order valence-corrected chi connectivity index (χ0v) is 17.6. The van der Waals surface area contributed by atoms with E-state index in [2.05, 4.69) is 5.32 Å². The van der Waals surface area contributed by atoms with Crippen LogP contribution >= 0.6 is 0 Å². The normalized spacial score (nSPS) is 36.4. The molecule has 3 saturated heterocycles. The largest absolute Gasteiger partial charge is 0.441 e. The molecule has 1 spiro atoms. The van der Waals surface area contributed by atoms with Crippen LogP contribution in [0.15, 0.2) is 18.2 Å². The Morgan fingerprint density at radius 2 is 1.90 bits per heavy atom. The first kappa shape index (κ1) is 22.3. The summed E-state index contributed by atoms with van der Waals surface area (Å²) in [4.78, 5) is 12.4. The minimum atomic E-state index is -1.29. The molecule has 3 heterocycles. The van der Waals surface area contributed by atoms with Crippen LogP contribution in [0.2, 0.25) is 0 Å². The molecule has 1 aromatic carbocycles. The van der Waals surface area contributed by atoms with Gasteiger partial charge in [-0.2, -0.15) is 0 Å². The Labute approximate surface area is 177 Å². The maximum absolute atomic E-state index is 13.8. The van der Waals surface area contributed by atoms with Gasteiger partial charge in [-0.1, -0.05) is 0 Å². The Balaban J connectivity index is 1.50. The highest BCUT2D eigenvalue weighted by molar-refractivity contribution is 5.84. The average Bonchev–Trinajstić information content (AvgIpc) is 3.33. The van der Waals surface area contributed by atoms with Gasteiger partial charge < -0.3 is 33.2 Å². The van der Waals surface area contributed by atoms with E-state index in [9.17, 15) is 13.6 Å². The second kappa shape index (κ2) is 7.91. The number of epoxide rings is 1. The summed E-state index contributed by atoms with van der Waals surface area (Å²) in [6.45, 7) is 5.59. The Kier molecular flexibility index (Phi) is 5.69. The van der Waals surface area contributed by atoms with Crippen molar-refractivity contribution in [1.82, 2.24) is 0 Å². The number of nitrogens with one attached hydrogen (secondary N) is 1. The monoisotopic (exact) mass is 445 g/mol. The molecule has 9 nitrogen and oxygen atoms in total. The van der Waals surface area contributed by atoms with Crippen molar-refractivity contribution in [2.75, 3.05) is 32.2 Å². The molecule has 11 heteroatoms. The highest BCUT2D eigenvalue weighted by Gasteiger charge is 2.63. The number of benzene rings is 1. The van der Waals surface area contributed by atoms with Gasteiger partial charge >= 0.3 is 6.09 Å². The fourth-order valence-corrected chi connectivity index (χ4v) is 3.65. The van der Waals surface area contributed by atoms with E-state index in [1.165, 1.54) is 7.11 Å². The lowest BCUT2D eigenvalue weighted by Crippen LogP contribution is -2.65. The summed E-state index contributed by atoms with van der Waals surface area (Å²) in [5.74, 6) is -4.76. The van der Waals surface area contributed by atoms with E-state index in [-0.39, 0.29) is 18.9 Å². The minimum absolute atomic E-state index is 0.0698. The molecule has 3 aliphatic rings. The number of anilines is 1. The van der Waals surface area contributed by atoms with Gasteiger partial charge in [-0.25, -0.2) is 13.6 Å². The van der Waals surface area contributed by atoms with E-state index in [1.807, 2.05) is 0 Å². The van der Waals surface area contributed by atoms with Crippen LogP contribution in [0, 0.1) is 11.6 Å². The van der Waals surface area contributed by atoms with E-state index >= 15 is 0 Å². The smallest absolute Gasteiger partial charge is 0.412 e. The van der Waals surface area contributed by atoms with Crippen molar-refractivity contribution < 1.29 is 46.7 Å².